The van der Waals surface area contributed by atoms with Gasteiger partial charge in [-0.25, -0.2) is 0 Å². The molecule has 0 spiro atoms. The van der Waals surface area contributed by atoms with Gasteiger partial charge in [0.05, 0.1) is 6.10 Å². The molecular formula is C17H36O2Si. The molecule has 0 aliphatic heterocycles. The van der Waals surface area contributed by atoms with Crippen LogP contribution in [0.15, 0.2) is 11.6 Å². The van der Waals surface area contributed by atoms with Crippen LogP contribution in [0, 0.1) is 5.41 Å². The Morgan fingerprint density at radius 2 is 1.50 bits per heavy atom. The first-order chi connectivity index (χ1) is 8.94. The minimum absolute atomic E-state index is 0.0720. The summed E-state index contributed by atoms with van der Waals surface area (Å²) in [4.78, 5) is 0. The summed E-state index contributed by atoms with van der Waals surface area (Å²) < 4.78 is 6.43. The van der Waals surface area contributed by atoms with Crippen LogP contribution in [0.1, 0.15) is 62.3 Å². The fraction of sp³-hybridized carbons (Fsp3) is 0.882. The predicted octanol–water partition coefficient (Wildman–Crippen LogP) is 5.14. The van der Waals surface area contributed by atoms with Crippen molar-refractivity contribution in [3.63, 3.8) is 0 Å². The van der Waals surface area contributed by atoms with E-state index in [0.29, 0.717) is 0 Å². The topological polar surface area (TPSA) is 29.5 Å². The molecule has 0 aromatic heterocycles. The number of allylic oxidation sites excluding steroid dienone is 1. The van der Waals surface area contributed by atoms with E-state index in [0.717, 1.165) is 23.7 Å². The van der Waals surface area contributed by atoms with Crippen molar-refractivity contribution in [1.29, 1.82) is 0 Å². The van der Waals surface area contributed by atoms with Crippen molar-refractivity contribution in [2.75, 3.05) is 0 Å². The Morgan fingerprint density at radius 3 is 1.80 bits per heavy atom. The Hall–Kier alpha value is -0.123. The molecule has 0 unspecified atom stereocenters. The van der Waals surface area contributed by atoms with Crippen LogP contribution in [0.2, 0.25) is 18.1 Å². The second-order valence-corrected chi connectivity index (χ2v) is 12.1. The maximum atomic E-state index is 10.9. The van der Waals surface area contributed by atoms with Gasteiger partial charge in [0.1, 0.15) is 5.60 Å². The van der Waals surface area contributed by atoms with Gasteiger partial charge in [0.25, 0.3) is 0 Å². The van der Waals surface area contributed by atoms with E-state index in [-0.39, 0.29) is 11.5 Å². The van der Waals surface area contributed by atoms with Crippen molar-refractivity contribution in [2.24, 2.45) is 5.41 Å². The van der Waals surface area contributed by atoms with Gasteiger partial charge in [-0.05, 0) is 49.9 Å². The van der Waals surface area contributed by atoms with E-state index in [9.17, 15) is 5.11 Å². The molecule has 0 saturated heterocycles. The third kappa shape index (κ3) is 5.34. The van der Waals surface area contributed by atoms with Crippen molar-refractivity contribution in [3.8, 4) is 0 Å². The molecular weight excluding hydrogens is 264 g/mol. The lowest BCUT2D eigenvalue weighted by molar-refractivity contribution is -0.0165. The number of aliphatic hydroxyl groups is 1. The molecule has 0 rings (SSSR count). The van der Waals surface area contributed by atoms with Crippen LogP contribution in [0.3, 0.4) is 0 Å². The van der Waals surface area contributed by atoms with Gasteiger partial charge in [-0.1, -0.05) is 47.6 Å². The van der Waals surface area contributed by atoms with Crippen LogP contribution in [-0.2, 0) is 4.43 Å². The minimum Gasteiger partial charge on any atom is -0.411 e. The van der Waals surface area contributed by atoms with E-state index >= 15 is 0 Å². The van der Waals surface area contributed by atoms with Crippen molar-refractivity contribution < 1.29 is 9.53 Å². The van der Waals surface area contributed by atoms with Gasteiger partial charge in [0.2, 0.25) is 0 Å². The molecule has 0 aliphatic carbocycles. The van der Waals surface area contributed by atoms with Gasteiger partial charge >= 0.3 is 0 Å². The molecule has 0 radical (unpaired) electrons. The van der Waals surface area contributed by atoms with Gasteiger partial charge in [0.15, 0.2) is 8.32 Å². The average molecular weight is 301 g/mol. The Kier molecular flexibility index (Phi) is 7.19. The highest BCUT2D eigenvalue weighted by molar-refractivity contribution is 6.73. The van der Waals surface area contributed by atoms with Gasteiger partial charge in [-0.15, -0.1) is 0 Å². The molecule has 0 saturated carbocycles. The van der Waals surface area contributed by atoms with Crippen LogP contribution in [0.4, 0.5) is 0 Å². The second-order valence-electron chi connectivity index (χ2n) is 7.34. The van der Waals surface area contributed by atoms with Crippen LogP contribution >= 0.6 is 0 Å². The molecule has 2 atom stereocenters. The predicted molar refractivity (Wildman–Crippen MR) is 91.6 cm³/mol. The number of hydrogen-bond acceptors (Lipinski definition) is 2. The van der Waals surface area contributed by atoms with Gasteiger partial charge in [-0.3, -0.25) is 0 Å². The van der Waals surface area contributed by atoms with Crippen LogP contribution in [0.5, 0.6) is 0 Å². The zero-order valence-electron chi connectivity index (χ0n) is 15.1. The third-order valence-corrected chi connectivity index (χ3v) is 9.32. The molecule has 0 amide bonds. The molecule has 3 heteroatoms. The molecule has 0 aromatic rings. The molecule has 0 aromatic carbocycles. The summed E-state index contributed by atoms with van der Waals surface area (Å²) in [5.74, 6) is 0. The van der Waals surface area contributed by atoms with Crippen LogP contribution < -0.4 is 0 Å². The van der Waals surface area contributed by atoms with E-state index in [1.165, 1.54) is 0 Å². The summed E-state index contributed by atoms with van der Waals surface area (Å²) in [6.45, 7) is 19.0. The first-order valence-electron chi connectivity index (χ1n) is 8.04. The van der Waals surface area contributed by atoms with E-state index < -0.39 is 13.9 Å². The monoisotopic (exact) mass is 300 g/mol. The van der Waals surface area contributed by atoms with Crippen molar-refractivity contribution >= 4 is 8.32 Å². The van der Waals surface area contributed by atoms with Gasteiger partial charge in [-0.2, -0.15) is 0 Å². The van der Waals surface area contributed by atoms with Crippen LogP contribution in [-0.4, -0.2) is 25.1 Å². The average Bonchev–Trinajstić information content (AvgIpc) is 2.33. The third-order valence-electron chi connectivity index (χ3n) is 4.60. The molecule has 120 valence electrons. The van der Waals surface area contributed by atoms with Crippen molar-refractivity contribution in [3.05, 3.63) is 11.6 Å². The summed E-state index contributed by atoms with van der Waals surface area (Å²) in [6, 6.07) is 3.34. The fourth-order valence-corrected chi connectivity index (χ4v) is 5.59. The molecule has 0 fully saturated rings. The number of rotatable bonds is 7. The van der Waals surface area contributed by atoms with Crippen molar-refractivity contribution in [2.45, 2.75) is 92.2 Å². The Balaban J connectivity index is 5.17. The lowest BCUT2D eigenvalue weighted by Gasteiger charge is -2.39. The fourth-order valence-electron chi connectivity index (χ4n) is 2.61. The van der Waals surface area contributed by atoms with Crippen molar-refractivity contribution in [1.82, 2.24) is 0 Å². The highest BCUT2D eigenvalue weighted by Gasteiger charge is 2.38. The SMILES string of the molecule is CC[Si](CC)(CC)O[C@@H](C)[C@@](C)(O)/C(C)=C/C(C)(C)C. The quantitative estimate of drug-likeness (QED) is 0.521. The zero-order chi connectivity index (χ0) is 16.2. The maximum Gasteiger partial charge on any atom is 0.192 e. The lowest BCUT2D eigenvalue weighted by Crippen LogP contribution is -2.48. The summed E-state index contributed by atoms with van der Waals surface area (Å²) in [5.41, 5.74) is 0.178. The molecule has 1 N–H and O–H groups in total. The zero-order valence-corrected chi connectivity index (χ0v) is 16.1. The Labute approximate surface area is 127 Å². The Morgan fingerprint density at radius 1 is 1.10 bits per heavy atom. The molecule has 20 heavy (non-hydrogen) atoms. The van der Waals surface area contributed by atoms with E-state index in [1.807, 2.05) is 20.8 Å². The van der Waals surface area contributed by atoms with E-state index in [2.05, 4.69) is 47.6 Å². The standard InChI is InChI=1S/C17H36O2Si/c1-10-20(11-2,12-3)19-15(5)17(9,18)14(4)13-16(6,7)8/h13,15,18H,10-12H2,1-9H3/b14-13+/t15-,17-/m0/s1. The highest BCUT2D eigenvalue weighted by atomic mass is 28.4. The van der Waals surface area contributed by atoms with E-state index in [1.54, 1.807) is 0 Å². The second kappa shape index (κ2) is 7.23. The highest BCUT2D eigenvalue weighted by Crippen LogP contribution is 2.32. The summed E-state index contributed by atoms with van der Waals surface area (Å²) >= 11 is 0. The van der Waals surface area contributed by atoms with E-state index in [4.69, 9.17) is 4.43 Å². The molecule has 0 heterocycles. The molecule has 2 nitrogen and oxygen atoms in total. The van der Waals surface area contributed by atoms with Crippen LogP contribution in [0.25, 0.3) is 0 Å². The summed E-state index contributed by atoms with van der Waals surface area (Å²) in [6.07, 6.45) is 1.99. The Bertz CT molecular complexity index is 314. The largest absolute Gasteiger partial charge is 0.411 e. The first-order valence-corrected chi connectivity index (χ1v) is 10.6. The lowest BCUT2D eigenvalue weighted by atomic mass is 9.85. The minimum atomic E-state index is -1.68. The molecule has 0 bridgehead atoms. The normalized spacial score (nSPS) is 18.8. The number of hydrogen-bond donors (Lipinski definition) is 1. The molecule has 0 aliphatic rings. The smallest absolute Gasteiger partial charge is 0.192 e. The van der Waals surface area contributed by atoms with Gasteiger partial charge < -0.3 is 9.53 Å². The summed E-state index contributed by atoms with van der Waals surface area (Å²) in [7, 11) is -1.68. The van der Waals surface area contributed by atoms with Gasteiger partial charge in [0, 0.05) is 0 Å². The first kappa shape index (κ1) is 19.9. The summed E-state index contributed by atoms with van der Waals surface area (Å²) in [5, 5.41) is 10.9. The maximum absolute atomic E-state index is 10.9.